The molecule has 2 rings (SSSR count). The van der Waals surface area contributed by atoms with Gasteiger partial charge in [-0.1, -0.05) is 76.5 Å². The highest BCUT2D eigenvalue weighted by Crippen LogP contribution is 2.38. The van der Waals surface area contributed by atoms with E-state index in [1.807, 2.05) is 0 Å². The topological polar surface area (TPSA) is 0 Å². The van der Waals surface area contributed by atoms with Crippen LogP contribution in [-0.4, -0.2) is 8.07 Å². The van der Waals surface area contributed by atoms with Gasteiger partial charge in [-0.3, -0.25) is 0 Å². The van der Waals surface area contributed by atoms with Crippen LogP contribution in [0.25, 0.3) is 0 Å². The standard InChI is InChI=1S/C14H28Si/c1-15(2,12-14-9-6-10-14)11-13-7-4-3-5-8-13/h13-14H,3-12H2,1-2H3. The fraction of sp³-hybridized carbons (Fsp3) is 1.00. The van der Waals surface area contributed by atoms with Crippen molar-refractivity contribution in [2.75, 3.05) is 0 Å². The Bertz CT molecular complexity index is 188. The number of rotatable bonds is 4. The summed E-state index contributed by atoms with van der Waals surface area (Å²) >= 11 is 0. The van der Waals surface area contributed by atoms with E-state index < -0.39 is 8.07 Å². The van der Waals surface area contributed by atoms with Crippen LogP contribution in [0.2, 0.25) is 25.2 Å². The van der Waals surface area contributed by atoms with Crippen molar-refractivity contribution < 1.29 is 0 Å². The fourth-order valence-corrected chi connectivity index (χ4v) is 7.84. The Kier molecular flexibility index (Phi) is 3.92. The maximum Gasteiger partial charge on any atom is 0.0479 e. The first-order valence-electron chi connectivity index (χ1n) is 7.16. The zero-order valence-electron chi connectivity index (χ0n) is 10.7. The Hall–Kier alpha value is 0.217. The molecule has 0 spiro atoms. The van der Waals surface area contributed by atoms with Gasteiger partial charge in [0.2, 0.25) is 0 Å². The van der Waals surface area contributed by atoms with Crippen LogP contribution < -0.4 is 0 Å². The van der Waals surface area contributed by atoms with Crippen LogP contribution in [0.5, 0.6) is 0 Å². The first kappa shape index (κ1) is 11.7. The lowest BCUT2D eigenvalue weighted by Gasteiger charge is -2.36. The summed E-state index contributed by atoms with van der Waals surface area (Å²) < 4.78 is 0. The van der Waals surface area contributed by atoms with E-state index >= 15 is 0 Å². The van der Waals surface area contributed by atoms with Crippen molar-refractivity contribution in [2.45, 2.75) is 76.5 Å². The van der Waals surface area contributed by atoms with E-state index in [1.165, 1.54) is 25.7 Å². The second kappa shape index (κ2) is 5.03. The van der Waals surface area contributed by atoms with Gasteiger partial charge in [0.25, 0.3) is 0 Å². The molecule has 0 bridgehead atoms. The minimum absolute atomic E-state index is 0.824. The molecule has 0 aliphatic heterocycles. The van der Waals surface area contributed by atoms with Crippen molar-refractivity contribution in [2.24, 2.45) is 11.8 Å². The summed E-state index contributed by atoms with van der Waals surface area (Å²) in [5.41, 5.74) is 0. The Morgan fingerprint density at radius 3 is 1.60 bits per heavy atom. The Morgan fingerprint density at radius 1 is 0.733 bits per heavy atom. The molecule has 0 heterocycles. The van der Waals surface area contributed by atoms with Crippen LogP contribution in [0, 0.1) is 11.8 Å². The molecule has 0 radical (unpaired) electrons. The summed E-state index contributed by atoms with van der Waals surface area (Å²) in [5.74, 6) is 2.27. The predicted octanol–water partition coefficient (Wildman–Crippen LogP) is 5.08. The van der Waals surface area contributed by atoms with E-state index in [2.05, 4.69) is 13.1 Å². The lowest BCUT2D eigenvalue weighted by molar-refractivity contribution is 0.338. The average Bonchev–Trinajstić information content (AvgIpc) is 2.13. The van der Waals surface area contributed by atoms with Gasteiger partial charge < -0.3 is 0 Å². The molecule has 0 aromatic carbocycles. The number of hydrogen-bond acceptors (Lipinski definition) is 0. The molecular weight excluding hydrogens is 196 g/mol. The van der Waals surface area contributed by atoms with E-state index in [0.717, 1.165) is 11.8 Å². The molecule has 1 heteroatoms. The van der Waals surface area contributed by atoms with Crippen molar-refractivity contribution in [3.8, 4) is 0 Å². The largest absolute Gasteiger partial charge is 0.0693 e. The normalized spacial score (nSPS) is 25.2. The molecule has 2 aliphatic rings. The minimum atomic E-state index is -0.824. The average molecular weight is 224 g/mol. The van der Waals surface area contributed by atoms with E-state index in [1.54, 1.807) is 37.8 Å². The van der Waals surface area contributed by atoms with Crippen molar-refractivity contribution in [3.05, 3.63) is 0 Å². The summed E-state index contributed by atoms with van der Waals surface area (Å²) in [6, 6.07) is 3.28. The van der Waals surface area contributed by atoms with Crippen molar-refractivity contribution in [1.29, 1.82) is 0 Å². The Labute approximate surface area is 96.9 Å². The fourth-order valence-electron chi connectivity index (χ4n) is 3.73. The number of hydrogen-bond donors (Lipinski definition) is 0. The molecule has 0 nitrogen and oxygen atoms in total. The summed E-state index contributed by atoms with van der Waals surface area (Å²) in [5, 5.41) is 0. The highest BCUT2D eigenvalue weighted by molar-refractivity contribution is 6.77. The van der Waals surface area contributed by atoms with Crippen LogP contribution in [0.1, 0.15) is 51.4 Å². The molecule has 0 N–H and O–H groups in total. The summed E-state index contributed by atoms with van der Waals surface area (Å²) in [6.07, 6.45) is 12.3. The van der Waals surface area contributed by atoms with Gasteiger partial charge in [0.1, 0.15) is 0 Å². The maximum absolute atomic E-state index is 2.65. The predicted molar refractivity (Wildman–Crippen MR) is 71.0 cm³/mol. The lowest BCUT2D eigenvalue weighted by atomic mass is 9.87. The van der Waals surface area contributed by atoms with Gasteiger partial charge in [0, 0.05) is 8.07 Å². The summed E-state index contributed by atoms with van der Waals surface area (Å²) in [6.45, 7) is 5.31. The third-order valence-electron chi connectivity index (χ3n) is 4.63. The lowest BCUT2D eigenvalue weighted by Crippen LogP contribution is -2.33. The van der Waals surface area contributed by atoms with E-state index in [0.29, 0.717) is 0 Å². The van der Waals surface area contributed by atoms with Crippen LogP contribution in [0.4, 0.5) is 0 Å². The van der Waals surface area contributed by atoms with E-state index in [4.69, 9.17) is 0 Å². The van der Waals surface area contributed by atoms with E-state index in [9.17, 15) is 0 Å². The molecule has 0 saturated heterocycles. The molecule has 0 amide bonds. The molecule has 2 saturated carbocycles. The van der Waals surface area contributed by atoms with Gasteiger partial charge in [-0.15, -0.1) is 0 Å². The minimum Gasteiger partial charge on any atom is -0.0693 e. The molecule has 0 unspecified atom stereocenters. The molecule has 2 aliphatic carbocycles. The highest BCUT2D eigenvalue weighted by atomic mass is 28.3. The van der Waals surface area contributed by atoms with Crippen LogP contribution in [0.15, 0.2) is 0 Å². The SMILES string of the molecule is C[Si](C)(CC1CCCCC1)CC1CCC1. The quantitative estimate of drug-likeness (QED) is 0.585. The molecule has 2 fully saturated rings. The van der Waals surface area contributed by atoms with Crippen LogP contribution in [0.3, 0.4) is 0 Å². The third-order valence-corrected chi connectivity index (χ3v) is 8.00. The Balaban J connectivity index is 1.74. The second-order valence-electron chi connectivity index (χ2n) is 6.87. The van der Waals surface area contributed by atoms with Crippen LogP contribution >= 0.6 is 0 Å². The van der Waals surface area contributed by atoms with Gasteiger partial charge in [-0.2, -0.15) is 0 Å². The molecule has 88 valence electrons. The zero-order chi connectivity index (χ0) is 10.7. The van der Waals surface area contributed by atoms with E-state index in [-0.39, 0.29) is 0 Å². The molecule has 15 heavy (non-hydrogen) atoms. The zero-order valence-corrected chi connectivity index (χ0v) is 11.7. The molecule has 0 aromatic rings. The smallest absolute Gasteiger partial charge is 0.0479 e. The first-order valence-corrected chi connectivity index (χ1v) is 10.6. The van der Waals surface area contributed by atoms with Gasteiger partial charge in [0.05, 0.1) is 0 Å². The van der Waals surface area contributed by atoms with Crippen molar-refractivity contribution >= 4 is 8.07 Å². The molecule has 0 aromatic heterocycles. The maximum atomic E-state index is 2.65. The van der Waals surface area contributed by atoms with Gasteiger partial charge >= 0.3 is 0 Å². The third kappa shape index (κ3) is 3.62. The van der Waals surface area contributed by atoms with Gasteiger partial charge in [-0.25, -0.2) is 0 Å². The molecule has 0 atom stereocenters. The summed E-state index contributed by atoms with van der Waals surface area (Å²) in [4.78, 5) is 0. The monoisotopic (exact) mass is 224 g/mol. The van der Waals surface area contributed by atoms with Gasteiger partial charge in [0.15, 0.2) is 0 Å². The molecular formula is C14H28Si. The first-order chi connectivity index (χ1) is 7.16. The van der Waals surface area contributed by atoms with Crippen molar-refractivity contribution in [3.63, 3.8) is 0 Å². The van der Waals surface area contributed by atoms with Crippen LogP contribution in [-0.2, 0) is 0 Å². The summed E-state index contributed by atoms with van der Waals surface area (Å²) in [7, 11) is -0.824. The van der Waals surface area contributed by atoms with Gasteiger partial charge in [-0.05, 0) is 11.8 Å². The second-order valence-corrected chi connectivity index (χ2v) is 12.0. The Morgan fingerprint density at radius 2 is 1.20 bits per heavy atom. The highest BCUT2D eigenvalue weighted by Gasteiger charge is 2.31. The van der Waals surface area contributed by atoms with Crippen molar-refractivity contribution in [1.82, 2.24) is 0 Å².